The summed E-state index contributed by atoms with van der Waals surface area (Å²) in [6, 6.07) is 0. The van der Waals surface area contributed by atoms with E-state index >= 15 is 0 Å². The Hall–Kier alpha value is -1.59. The van der Waals surface area contributed by atoms with Crippen molar-refractivity contribution in [1.82, 2.24) is 0 Å². The molecule has 1 radical (unpaired) electrons. The molecule has 0 atom stereocenters. The smallest absolute Gasteiger partial charge is 0.200 e. The number of hydrogen-bond acceptors (Lipinski definition) is 1. The molecule has 0 unspecified atom stereocenters. The summed E-state index contributed by atoms with van der Waals surface area (Å²) in [6.45, 7) is 3.39. The minimum absolute atomic E-state index is 0.308. The largest absolute Gasteiger partial charge is 0.357 e. The highest BCUT2D eigenvalue weighted by molar-refractivity contribution is 5.49. The first-order chi connectivity index (χ1) is 7.50. The van der Waals surface area contributed by atoms with E-state index in [0.29, 0.717) is 6.42 Å². The summed E-state index contributed by atoms with van der Waals surface area (Å²) in [5.41, 5.74) is -1.08. The predicted octanol–water partition coefficient (Wildman–Crippen LogP) is 3.53. The van der Waals surface area contributed by atoms with Crippen LogP contribution in [0.25, 0.3) is 0 Å². The summed E-state index contributed by atoms with van der Waals surface area (Å²) in [6.07, 6.45) is 2.71. The molecule has 87 valence electrons. The van der Waals surface area contributed by atoms with Gasteiger partial charge in [-0.3, -0.25) is 0 Å². The second kappa shape index (κ2) is 4.96. The molecular formula is C10H7F5N. The molecule has 0 aliphatic rings. The maximum atomic E-state index is 13.0. The second-order valence-corrected chi connectivity index (χ2v) is 2.78. The van der Waals surface area contributed by atoms with E-state index in [-0.39, 0.29) is 0 Å². The highest BCUT2D eigenvalue weighted by Gasteiger charge is 2.24. The second-order valence-electron chi connectivity index (χ2n) is 2.78. The van der Waals surface area contributed by atoms with Crippen molar-refractivity contribution in [3.8, 4) is 0 Å². The zero-order valence-electron chi connectivity index (χ0n) is 7.96. The summed E-state index contributed by atoms with van der Waals surface area (Å²) in [5, 5.41) is 1.97. The molecule has 1 rings (SSSR count). The molecule has 16 heavy (non-hydrogen) atoms. The third-order valence-corrected chi connectivity index (χ3v) is 1.72. The zero-order valence-corrected chi connectivity index (χ0v) is 7.96. The van der Waals surface area contributed by atoms with E-state index < -0.39 is 34.8 Å². The van der Waals surface area contributed by atoms with Gasteiger partial charge in [-0.1, -0.05) is 6.08 Å². The van der Waals surface area contributed by atoms with E-state index in [0.717, 1.165) is 6.20 Å². The molecule has 0 saturated heterocycles. The molecule has 1 N–H and O–H groups in total. The van der Waals surface area contributed by atoms with Gasteiger partial charge in [0.15, 0.2) is 23.3 Å². The van der Waals surface area contributed by atoms with Crippen LogP contribution in [-0.2, 0) is 0 Å². The number of hydrogen-bond donors (Lipinski definition) is 1. The number of halogens is 5. The number of anilines is 1. The molecule has 0 aromatic heterocycles. The summed E-state index contributed by atoms with van der Waals surface area (Å²) in [4.78, 5) is 0. The van der Waals surface area contributed by atoms with Gasteiger partial charge in [0.25, 0.3) is 0 Å². The SMILES string of the molecule is [CH2]CC=CNc1c(F)c(F)c(F)c(F)c1F. The van der Waals surface area contributed by atoms with Crippen molar-refractivity contribution in [2.75, 3.05) is 5.32 Å². The lowest BCUT2D eigenvalue weighted by molar-refractivity contribution is 0.382. The Labute approximate surface area is 88.6 Å². The topological polar surface area (TPSA) is 12.0 Å². The highest BCUT2D eigenvalue weighted by atomic mass is 19.2. The third kappa shape index (κ3) is 2.15. The molecule has 1 nitrogen and oxygen atoms in total. The van der Waals surface area contributed by atoms with Gasteiger partial charge >= 0.3 is 0 Å². The maximum absolute atomic E-state index is 13.0. The fraction of sp³-hybridized carbons (Fsp3) is 0.100. The van der Waals surface area contributed by atoms with E-state index in [1.807, 2.05) is 5.32 Å². The molecule has 0 spiro atoms. The van der Waals surface area contributed by atoms with E-state index in [1.54, 1.807) is 0 Å². The van der Waals surface area contributed by atoms with E-state index in [9.17, 15) is 22.0 Å². The van der Waals surface area contributed by atoms with Crippen LogP contribution >= 0.6 is 0 Å². The summed E-state index contributed by atoms with van der Waals surface area (Å²) in [5.74, 6) is -9.94. The number of rotatable bonds is 3. The molecule has 0 bridgehead atoms. The first-order valence-corrected chi connectivity index (χ1v) is 4.23. The lowest BCUT2D eigenvalue weighted by atomic mass is 10.2. The van der Waals surface area contributed by atoms with Gasteiger partial charge in [0.2, 0.25) is 5.82 Å². The molecule has 0 aliphatic heterocycles. The zero-order chi connectivity index (χ0) is 12.3. The predicted molar refractivity (Wildman–Crippen MR) is 49.0 cm³/mol. The van der Waals surface area contributed by atoms with Gasteiger partial charge in [0.05, 0.1) is 0 Å². The summed E-state index contributed by atoms with van der Waals surface area (Å²) in [7, 11) is 0. The van der Waals surface area contributed by atoms with Crippen LogP contribution < -0.4 is 5.32 Å². The van der Waals surface area contributed by atoms with Crippen molar-refractivity contribution < 1.29 is 22.0 Å². The molecule has 0 fully saturated rings. The fourth-order valence-corrected chi connectivity index (χ4v) is 0.957. The Balaban J connectivity index is 3.23. The van der Waals surface area contributed by atoms with Crippen LogP contribution in [0.5, 0.6) is 0 Å². The van der Waals surface area contributed by atoms with E-state index in [4.69, 9.17) is 0 Å². The monoisotopic (exact) mass is 236 g/mol. The molecule has 0 amide bonds. The molecule has 1 aromatic rings. The van der Waals surface area contributed by atoms with Gasteiger partial charge in [0.1, 0.15) is 5.69 Å². The Morgan fingerprint density at radius 1 is 0.875 bits per heavy atom. The van der Waals surface area contributed by atoms with Crippen LogP contribution in [0.1, 0.15) is 6.42 Å². The highest BCUT2D eigenvalue weighted by Crippen LogP contribution is 2.26. The molecular weight excluding hydrogens is 229 g/mol. The maximum Gasteiger partial charge on any atom is 0.200 e. The van der Waals surface area contributed by atoms with Gasteiger partial charge in [-0.05, 0) is 19.5 Å². The average Bonchev–Trinajstić information content (AvgIpc) is 2.28. The number of nitrogens with one attached hydrogen (secondary N) is 1. The third-order valence-electron chi connectivity index (χ3n) is 1.72. The summed E-state index contributed by atoms with van der Waals surface area (Å²) < 4.78 is 63.9. The van der Waals surface area contributed by atoms with Crippen LogP contribution in [0, 0.1) is 36.0 Å². The fourth-order valence-electron chi connectivity index (χ4n) is 0.957. The Morgan fingerprint density at radius 3 is 1.75 bits per heavy atom. The lowest BCUT2D eigenvalue weighted by Crippen LogP contribution is -2.06. The van der Waals surface area contributed by atoms with Crippen LogP contribution in [0.15, 0.2) is 12.3 Å². The standard InChI is InChI=1S/C10H7F5N/c1-2-3-4-16-10-8(14)6(12)5(11)7(13)9(10)15/h3-4,16H,1-2H2. The average molecular weight is 236 g/mol. The molecule has 0 heterocycles. The van der Waals surface area contributed by atoms with Crippen LogP contribution in [0.4, 0.5) is 27.6 Å². The van der Waals surface area contributed by atoms with Gasteiger partial charge < -0.3 is 5.32 Å². The van der Waals surface area contributed by atoms with Crippen molar-refractivity contribution in [2.45, 2.75) is 6.42 Å². The minimum atomic E-state index is -2.18. The van der Waals surface area contributed by atoms with E-state index in [1.165, 1.54) is 6.08 Å². The Kier molecular flexibility index (Phi) is 3.87. The van der Waals surface area contributed by atoms with Crippen molar-refractivity contribution in [3.63, 3.8) is 0 Å². The van der Waals surface area contributed by atoms with Gasteiger partial charge in [0, 0.05) is 0 Å². The van der Waals surface area contributed by atoms with Crippen molar-refractivity contribution in [1.29, 1.82) is 0 Å². The number of allylic oxidation sites excluding steroid dienone is 1. The normalized spacial score (nSPS) is 11.1. The van der Waals surface area contributed by atoms with Crippen molar-refractivity contribution in [2.24, 2.45) is 0 Å². The Bertz CT molecular complexity index is 399. The van der Waals surface area contributed by atoms with E-state index in [2.05, 4.69) is 6.92 Å². The quantitative estimate of drug-likeness (QED) is 0.481. The first kappa shape index (κ1) is 12.5. The summed E-state index contributed by atoms with van der Waals surface area (Å²) >= 11 is 0. The lowest BCUT2D eigenvalue weighted by Gasteiger charge is -2.07. The minimum Gasteiger partial charge on any atom is -0.357 e. The molecule has 6 heteroatoms. The van der Waals surface area contributed by atoms with Gasteiger partial charge in [-0.2, -0.15) is 0 Å². The van der Waals surface area contributed by atoms with Crippen LogP contribution in [-0.4, -0.2) is 0 Å². The van der Waals surface area contributed by atoms with Crippen molar-refractivity contribution >= 4 is 5.69 Å². The first-order valence-electron chi connectivity index (χ1n) is 4.23. The van der Waals surface area contributed by atoms with Gasteiger partial charge in [-0.25, -0.2) is 22.0 Å². The molecule has 1 aromatic carbocycles. The van der Waals surface area contributed by atoms with Gasteiger partial charge in [-0.15, -0.1) is 0 Å². The van der Waals surface area contributed by atoms with Crippen LogP contribution in [0.3, 0.4) is 0 Å². The Morgan fingerprint density at radius 2 is 1.31 bits per heavy atom. The van der Waals surface area contributed by atoms with Crippen LogP contribution in [0.2, 0.25) is 0 Å². The molecule has 0 saturated carbocycles. The van der Waals surface area contributed by atoms with Crippen molar-refractivity contribution in [3.05, 3.63) is 48.3 Å². The number of benzene rings is 1. The molecule has 0 aliphatic carbocycles.